The average molecular weight is 444 g/mol. The van der Waals surface area contributed by atoms with E-state index in [0.717, 1.165) is 0 Å². The summed E-state index contributed by atoms with van der Waals surface area (Å²) in [5.41, 5.74) is 2.73. The summed E-state index contributed by atoms with van der Waals surface area (Å²) in [5, 5.41) is 13.8. The van der Waals surface area contributed by atoms with Gasteiger partial charge >= 0.3 is 0 Å². The SMILES string of the molecule is COc1ncc(CC(=O)Cc2cnc3cc(Cl)nn3c2[C@@H](OC)[C@H](C)OC)cc1C#N. The van der Waals surface area contributed by atoms with Gasteiger partial charge in [0, 0.05) is 51.1 Å². The van der Waals surface area contributed by atoms with Gasteiger partial charge in [0.15, 0.2) is 10.8 Å². The first-order chi connectivity index (χ1) is 14.9. The van der Waals surface area contributed by atoms with E-state index in [0.29, 0.717) is 22.5 Å². The minimum atomic E-state index is -0.498. The van der Waals surface area contributed by atoms with Crippen molar-refractivity contribution in [3.63, 3.8) is 0 Å². The molecule has 162 valence electrons. The molecule has 2 atom stereocenters. The Morgan fingerprint density at radius 3 is 2.61 bits per heavy atom. The summed E-state index contributed by atoms with van der Waals surface area (Å²) in [4.78, 5) is 21.3. The van der Waals surface area contributed by atoms with E-state index in [9.17, 15) is 10.1 Å². The van der Waals surface area contributed by atoms with Crippen LogP contribution in [0, 0.1) is 11.3 Å². The number of ketones is 1. The number of pyridine rings is 1. The molecule has 0 saturated carbocycles. The molecule has 0 amide bonds. The number of hydrogen-bond acceptors (Lipinski definition) is 8. The normalized spacial score (nSPS) is 13.0. The molecule has 0 aliphatic carbocycles. The van der Waals surface area contributed by atoms with Crippen LogP contribution in [0.2, 0.25) is 5.15 Å². The first kappa shape index (κ1) is 22.6. The maximum absolute atomic E-state index is 12.9. The zero-order valence-electron chi connectivity index (χ0n) is 17.6. The molecule has 9 nitrogen and oxygen atoms in total. The van der Waals surface area contributed by atoms with Gasteiger partial charge in [-0.2, -0.15) is 10.4 Å². The minimum absolute atomic E-state index is 0.0833. The zero-order valence-corrected chi connectivity index (χ0v) is 18.4. The smallest absolute Gasteiger partial charge is 0.231 e. The van der Waals surface area contributed by atoms with Crippen LogP contribution in [0.15, 0.2) is 24.5 Å². The maximum atomic E-state index is 12.9. The average Bonchev–Trinajstić information content (AvgIpc) is 3.15. The van der Waals surface area contributed by atoms with E-state index in [1.807, 2.05) is 13.0 Å². The molecule has 3 rings (SSSR count). The predicted octanol–water partition coefficient (Wildman–Crippen LogP) is 2.73. The molecular formula is C21H22ClN5O4. The fourth-order valence-electron chi connectivity index (χ4n) is 3.38. The number of carbonyl (C=O) groups excluding carboxylic acids is 1. The minimum Gasteiger partial charge on any atom is -0.480 e. The molecule has 0 fully saturated rings. The van der Waals surface area contributed by atoms with Crippen LogP contribution in [0.5, 0.6) is 5.88 Å². The predicted molar refractivity (Wildman–Crippen MR) is 112 cm³/mol. The molecule has 0 aliphatic rings. The van der Waals surface area contributed by atoms with Gasteiger partial charge < -0.3 is 14.2 Å². The Hall–Kier alpha value is -3.06. The highest BCUT2D eigenvalue weighted by molar-refractivity contribution is 6.29. The number of Topliss-reactive ketones (excluding diaryl/α,β-unsaturated/α-hetero) is 1. The van der Waals surface area contributed by atoms with Crippen LogP contribution < -0.4 is 4.74 Å². The van der Waals surface area contributed by atoms with Crippen molar-refractivity contribution in [2.45, 2.75) is 32.0 Å². The van der Waals surface area contributed by atoms with Crippen LogP contribution in [0.25, 0.3) is 5.65 Å². The third-order valence-electron chi connectivity index (χ3n) is 4.90. The van der Waals surface area contributed by atoms with E-state index < -0.39 is 6.10 Å². The van der Waals surface area contributed by atoms with Crippen molar-refractivity contribution in [2.24, 2.45) is 0 Å². The third kappa shape index (κ3) is 4.82. The van der Waals surface area contributed by atoms with Crippen LogP contribution in [0.1, 0.15) is 35.4 Å². The lowest BCUT2D eigenvalue weighted by Crippen LogP contribution is -2.25. The van der Waals surface area contributed by atoms with Gasteiger partial charge in [0.2, 0.25) is 5.88 Å². The number of fused-ring (bicyclic) bond motifs is 1. The van der Waals surface area contributed by atoms with Gasteiger partial charge in [-0.1, -0.05) is 11.6 Å². The molecule has 31 heavy (non-hydrogen) atoms. The summed E-state index contributed by atoms with van der Waals surface area (Å²) in [7, 11) is 4.59. The Kier molecular flexibility index (Phi) is 7.17. The molecule has 0 saturated heterocycles. The fourth-order valence-corrected chi connectivity index (χ4v) is 3.56. The highest BCUT2D eigenvalue weighted by Crippen LogP contribution is 2.28. The van der Waals surface area contributed by atoms with E-state index in [-0.39, 0.29) is 41.3 Å². The van der Waals surface area contributed by atoms with Crippen molar-refractivity contribution >= 4 is 23.0 Å². The topological polar surface area (TPSA) is 112 Å². The Morgan fingerprint density at radius 1 is 1.19 bits per heavy atom. The van der Waals surface area contributed by atoms with Gasteiger partial charge in [0.25, 0.3) is 0 Å². The van der Waals surface area contributed by atoms with Crippen molar-refractivity contribution in [1.82, 2.24) is 19.6 Å². The zero-order chi connectivity index (χ0) is 22.5. The van der Waals surface area contributed by atoms with E-state index in [1.165, 1.54) is 13.3 Å². The molecule has 3 aromatic rings. The van der Waals surface area contributed by atoms with Crippen LogP contribution in [0.4, 0.5) is 0 Å². The van der Waals surface area contributed by atoms with Crippen LogP contribution in [-0.4, -0.2) is 52.8 Å². The number of ether oxygens (including phenoxy) is 3. The third-order valence-corrected chi connectivity index (χ3v) is 5.09. The maximum Gasteiger partial charge on any atom is 0.231 e. The van der Waals surface area contributed by atoms with Crippen LogP contribution in [-0.2, 0) is 27.1 Å². The second-order valence-electron chi connectivity index (χ2n) is 6.91. The first-order valence-electron chi connectivity index (χ1n) is 9.45. The molecule has 0 aliphatic heterocycles. The summed E-state index contributed by atoms with van der Waals surface area (Å²) in [6.07, 6.45) is 2.53. The van der Waals surface area contributed by atoms with Crippen molar-refractivity contribution < 1.29 is 19.0 Å². The standard InChI is InChI=1S/C21H22ClN5O4/c1-12(29-2)20(30-3)19-15(11-24-18-8-17(22)26-27(18)19)7-16(28)6-13-5-14(9-23)21(31-4)25-10-13/h5,8,10-12,20H,6-7H2,1-4H3/t12-,20-/m0/s1. The summed E-state index contributed by atoms with van der Waals surface area (Å²) < 4.78 is 17.8. The molecule has 0 unspecified atom stereocenters. The Labute approximate surface area is 184 Å². The highest BCUT2D eigenvalue weighted by Gasteiger charge is 2.27. The number of halogens is 1. The van der Waals surface area contributed by atoms with Gasteiger partial charge in [-0.15, -0.1) is 0 Å². The van der Waals surface area contributed by atoms with E-state index >= 15 is 0 Å². The number of methoxy groups -OCH3 is 3. The molecule has 0 aromatic carbocycles. The van der Waals surface area contributed by atoms with Gasteiger partial charge in [-0.3, -0.25) is 4.79 Å². The molecular weight excluding hydrogens is 422 g/mol. The molecule has 10 heteroatoms. The van der Waals surface area contributed by atoms with Gasteiger partial charge in [-0.25, -0.2) is 14.5 Å². The van der Waals surface area contributed by atoms with E-state index in [1.54, 1.807) is 37.1 Å². The van der Waals surface area contributed by atoms with Crippen LogP contribution in [0.3, 0.4) is 0 Å². The van der Waals surface area contributed by atoms with Gasteiger partial charge in [0.1, 0.15) is 23.5 Å². The number of carbonyl (C=O) groups is 1. The molecule has 0 N–H and O–H groups in total. The summed E-state index contributed by atoms with van der Waals surface area (Å²) in [6, 6.07) is 5.25. The molecule has 0 bridgehead atoms. The molecule has 0 spiro atoms. The summed E-state index contributed by atoms with van der Waals surface area (Å²) in [5.74, 6) is 0.138. The lowest BCUT2D eigenvalue weighted by Gasteiger charge is -2.24. The molecule has 3 aromatic heterocycles. The Morgan fingerprint density at radius 2 is 1.97 bits per heavy atom. The number of aromatic nitrogens is 4. The van der Waals surface area contributed by atoms with Crippen molar-refractivity contribution in [1.29, 1.82) is 5.26 Å². The van der Waals surface area contributed by atoms with Crippen LogP contribution >= 0.6 is 11.6 Å². The second kappa shape index (κ2) is 9.83. The highest BCUT2D eigenvalue weighted by atomic mass is 35.5. The summed E-state index contributed by atoms with van der Waals surface area (Å²) in [6.45, 7) is 1.86. The lowest BCUT2D eigenvalue weighted by atomic mass is 9.99. The number of rotatable bonds is 9. The number of nitrogens with zero attached hydrogens (tertiary/aromatic N) is 5. The molecule has 3 heterocycles. The second-order valence-corrected chi connectivity index (χ2v) is 7.29. The molecule has 0 radical (unpaired) electrons. The van der Waals surface area contributed by atoms with Crippen molar-refractivity contribution in [3.05, 3.63) is 52.1 Å². The largest absolute Gasteiger partial charge is 0.480 e. The fraction of sp³-hybridized carbons (Fsp3) is 0.381. The van der Waals surface area contributed by atoms with E-state index in [2.05, 4.69) is 15.1 Å². The van der Waals surface area contributed by atoms with E-state index in [4.69, 9.17) is 25.8 Å². The Balaban J connectivity index is 1.94. The first-order valence-corrected chi connectivity index (χ1v) is 9.83. The lowest BCUT2D eigenvalue weighted by molar-refractivity contribution is -0.117. The number of nitriles is 1. The Bertz CT molecular complexity index is 1140. The quantitative estimate of drug-likeness (QED) is 0.496. The number of hydrogen-bond donors (Lipinski definition) is 0. The van der Waals surface area contributed by atoms with Crippen molar-refractivity contribution in [2.75, 3.05) is 21.3 Å². The monoisotopic (exact) mass is 443 g/mol. The van der Waals surface area contributed by atoms with Gasteiger partial charge in [0.05, 0.1) is 18.9 Å². The van der Waals surface area contributed by atoms with Gasteiger partial charge in [-0.05, 0) is 18.6 Å². The van der Waals surface area contributed by atoms with Crippen molar-refractivity contribution in [3.8, 4) is 11.9 Å². The summed E-state index contributed by atoms with van der Waals surface area (Å²) >= 11 is 6.08.